The van der Waals surface area contributed by atoms with Gasteiger partial charge in [0.1, 0.15) is 5.82 Å². The molecule has 8 nitrogen and oxygen atoms in total. The van der Waals surface area contributed by atoms with E-state index in [4.69, 9.17) is 4.74 Å². The number of nitrogens with one attached hydrogen (secondary N) is 2. The molecule has 8 heteroatoms. The Bertz CT molecular complexity index is 990. The van der Waals surface area contributed by atoms with Crippen LogP contribution in [0.4, 0.5) is 23.1 Å². The third-order valence-electron chi connectivity index (χ3n) is 3.73. The average Bonchev–Trinajstić information content (AvgIpc) is 2.69. The van der Waals surface area contributed by atoms with E-state index in [0.717, 1.165) is 0 Å². The Morgan fingerprint density at radius 1 is 1.04 bits per heavy atom. The Balaban J connectivity index is 1.74. The van der Waals surface area contributed by atoms with Gasteiger partial charge in [-0.05, 0) is 49.4 Å². The van der Waals surface area contributed by atoms with Crippen LogP contribution in [-0.4, -0.2) is 33.6 Å². The summed E-state index contributed by atoms with van der Waals surface area (Å²) in [6.07, 6.45) is 1.55. The van der Waals surface area contributed by atoms with Crippen LogP contribution < -0.4 is 10.6 Å². The van der Waals surface area contributed by atoms with E-state index >= 15 is 0 Å². The molecule has 0 saturated carbocycles. The minimum atomic E-state index is -1.03. The van der Waals surface area contributed by atoms with Gasteiger partial charge in [0, 0.05) is 11.9 Å². The number of anilines is 4. The van der Waals surface area contributed by atoms with Gasteiger partial charge in [0.05, 0.1) is 23.4 Å². The number of carbonyl (C=O) groups excluding carboxylic acids is 1. The standard InChI is InChI=1S/C20H18N4O4/c1-2-28-19(27)13-7-9-14(10-8-13)22-20-21-12-11-17(24-20)23-16-6-4-3-5-15(16)18(25)26/h3-12H,2H2,1H3,(H,25,26)(H2,21,22,23,24). The van der Waals surface area contributed by atoms with Gasteiger partial charge in [0.2, 0.25) is 5.95 Å². The molecule has 0 unspecified atom stereocenters. The van der Waals surface area contributed by atoms with Gasteiger partial charge in [-0.25, -0.2) is 14.6 Å². The maximum atomic E-state index is 11.7. The SMILES string of the molecule is CCOC(=O)c1ccc(Nc2nccc(Nc3ccccc3C(=O)O)n2)cc1. The van der Waals surface area contributed by atoms with Crippen molar-refractivity contribution in [1.82, 2.24) is 9.97 Å². The van der Waals surface area contributed by atoms with E-state index in [1.807, 2.05) is 0 Å². The van der Waals surface area contributed by atoms with Crippen LogP contribution in [0, 0.1) is 0 Å². The Morgan fingerprint density at radius 2 is 1.79 bits per heavy atom. The topological polar surface area (TPSA) is 113 Å². The van der Waals surface area contributed by atoms with Crippen molar-refractivity contribution in [2.24, 2.45) is 0 Å². The van der Waals surface area contributed by atoms with E-state index < -0.39 is 5.97 Å². The second-order valence-corrected chi connectivity index (χ2v) is 5.66. The zero-order valence-corrected chi connectivity index (χ0v) is 15.0. The summed E-state index contributed by atoms with van der Waals surface area (Å²) in [5.41, 5.74) is 1.72. The van der Waals surface area contributed by atoms with Crippen LogP contribution in [0.2, 0.25) is 0 Å². The summed E-state index contributed by atoms with van der Waals surface area (Å²) >= 11 is 0. The highest BCUT2D eigenvalue weighted by atomic mass is 16.5. The molecule has 0 bridgehead atoms. The molecule has 0 aliphatic heterocycles. The highest BCUT2D eigenvalue weighted by Gasteiger charge is 2.10. The predicted molar refractivity (Wildman–Crippen MR) is 104 cm³/mol. The fraction of sp³-hybridized carbons (Fsp3) is 0.100. The second kappa shape index (κ2) is 8.63. The molecule has 142 valence electrons. The highest BCUT2D eigenvalue weighted by Crippen LogP contribution is 2.21. The van der Waals surface area contributed by atoms with Crippen molar-refractivity contribution in [3.63, 3.8) is 0 Å². The van der Waals surface area contributed by atoms with Crippen molar-refractivity contribution in [3.05, 3.63) is 71.9 Å². The molecule has 1 heterocycles. The summed E-state index contributed by atoms with van der Waals surface area (Å²) in [5, 5.41) is 15.3. The lowest BCUT2D eigenvalue weighted by molar-refractivity contribution is 0.0526. The minimum absolute atomic E-state index is 0.144. The number of hydrogen-bond donors (Lipinski definition) is 3. The molecule has 0 aliphatic rings. The molecule has 1 aromatic heterocycles. The molecule has 0 atom stereocenters. The molecule has 0 amide bonds. The fourth-order valence-electron chi connectivity index (χ4n) is 2.44. The molecule has 0 radical (unpaired) electrons. The maximum absolute atomic E-state index is 11.7. The normalized spacial score (nSPS) is 10.2. The largest absolute Gasteiger partial charge is 0.478 e. The number of aromatic nitrogens is 2. The number of carbonyl (C=O) groups is 2. The second-order valence-electron chi connectivity index (χ2n) is 5.66. The lowest BCUT2D eigenvalue weighted by Crippen LogP contribution is -2.05. The van der Waals surface area contributed by atoms with E-state index in [9.17, 15) is 14.7 Å². The summed E-state index contributed by atoms with van der Waals surface area (Å²) < 4.78 is 4.95. The summed E-state index contributed by atoms with van der Waals surface area (Å²) in [5.74, 6) is -0.651. The third kappa shape index (κ3) is 4.61. The molecular formula is C20H18N4O4. The van der Waals surface area contributed by atoms with Crippen LogP contribution >= 0.6 is 0 Å². The Hall–Kier alpha value is -3.94. The van der Waals surface area contributed by atoms with Crippen molar-refractivity contribution >= 4 is 35.1 Å². The molecule has 0 aliphatic carbocycles. The van der Waals surface area contributed by atoms with Crippen LogP contribution in [0.15, 0.2) is 60.8 Å². The first-order chi connectivity index (χ1) is 13.6. The zero-order chi connectivity index (χ0) is 19.9. The van der Waals surface area contributed by atoms with Crippen molar-refractivity contribution in [2.45, 2.75) is 6.92 Å². The number of para-hydroxylation sites is 1. The lowest BCUT2D eigenvalue weighted by atomic mass is 10.2. The van der Waals surface area contributed by atoms with Crippen LogP contribution in [0.25, 0.3) is 0 Å². The molecule has 3 aromatic rings. The van der Waals surface area contributed by atoms with E-state index in [2.05, 4.69) is 20.6 Å². The summed E-state index contributed by atoms with van der Waals surface area (Å²) in [4.78, 5) is 31.5. The van der Waals surface area contributed by atoms with Crippen LogP contribution in [-0.2, 0) is 4.74 Å². The number of nitrogens with zero attached hydrogens (tertiary/aromatic N) is 2. The van der Waals surface area contributed by atoms with Crippen molar-refractivity contribution in [3.8, 4) is 0 Å². The Morgan fingerprint density at radius 3 is 2.50 bits per heavy atom. The Kier molecular flexibility index (Phi) is 5.81. The first-order valence-corrected chi connectivity index (χ1v) is 8.53. The number of carboxylic acids is 1. The van der Waals surface area contributed by atoms with Gasteiger partial charge in [-0.15, -0.1) is 0 Å². The summed E-state index contributed by atoms with van der Waals surface area (Å²) in [6.45, 7) is 2.07. The lowest BCUT2D eigenvalue weighted by Gasteiger charge is -2.10. The van der Waals surface area contributed by atoms with E-state index in [1.54, 1.807) is 61.7 Å². The fourth-order valence-corrected chi connectivity index (χ4v) is 2.44. The van der Waals surface area contributed by atoms with Gasteiger partial charge in [-0.1, -0.05) is 12.1 Å². The van der Waals surface area contributed by atoms with Gasteiger partial charge in [0.15, 0.2) is 0 Å². The van der Waals surface area contributed by atoms with Crippen LogP contribution in [0.5, 0.6) is 0 Å². The molecule has 0 saturated heterocycles. The Labute approximate surface area is 161 Å². The molecule has 3 rings (SSSR count). The van der Waals surface area contributed by atoms with E-state index in [-0.39, 0.29) is 11.5 Å². The van der Waals surface area contributed by atoms with Crippen LogP contribution in [0.3, 0.4) is 0 Å². The summed E-state index contributed by atoms with van der Waals surface area (Å²) in [6, 6.07) is 14.9. The van der Waals surface area contributed by atoms with Crippen LogP contribution in [0.1, 0.15) is 27.6 Å². The van der Waals surface area contributed by atoms with E-state index in [1.165, 1.54) is 6.07 Å². The monoisotopic (exact) mass is 378 g/mol. The zero-order valence-electron chi connectivity index (χ0n) is 15.0. The van der Waals surface area contributed by atoms with Gasteiger partial charge >= 0.3 is 11.9 Å². The molecule has 2 aromatic carbocycles. The smallest absolute Gasteiger partial charge is 0.338 e. The number of hydrogen-bond acceptors (Lipinski definition) is 7. The molecule has 0 fully saturated rings. The first kappa shape index (κ1) is 18.8. The molecule has 28 heavy (non-hydrogen) atoms. The summed E-state index contributed by atoms with van der Waals surface area (Å²) in [7, 11) is 0. The number of benzene rings is 2. The van der Waals surface area contributed by atoms with E-state index in [0.29, 0.717) is 35.3 Å². The van der Waals surface area contributed by atoms with Crippen molar-refractivity contribution < 1.29 is 19.4 Å². The maximum Gasteiger partial charge on any atom is 0.338 e. The predicted octanol–water partition coefficient (Wildman–Crippen LogP) is 3.84. The highest BCUT2D eigenvalue weighted by molar-refractivity contribution is 5.95. The number of aromatic carboxylic acids is 1. The molecule has 3 N–H and O–H groups in total. The van der Waals surface area contributed by atoms with Gasteiger partial charge in [-0.2, -0.15) is 4.98 Å². The first-order valence-electron chi connectivity index (χ1n) is 8.53. The quantitative estimate of drug-likeness (QED) is 0.532. The number of esters is 1. The van der Waals surface area contributed by atoms with Gasteiger partial charge in [-0.3, -0.25) is 0 Å². The molecular weight excluding hydrogens is 360 g/mol. The third-order valence-corrected chi connectivity index (χ3v) is 3.73. The average molecular weight is 378 g/mol. The molecule has 0 spiro atoms. The van der Waals surface area contributed by atoms with Gasteiger partial charge in [0.25, 0.3) is 0 Å². The minimum Gasteiger partial charge on any atom is -0.478 e. The van der Waals surface area contributed by atoms with Crippen molar-refractivity contribution in [2.75, 3.05) is 17.2 Å². The number of ether oxygens (including phenoxy) is 1. The number of carboxylic acid groups (broad SMARTS) is 1. The number of rotatable bonds is 7. The van der Waals surface area contributed by atoms with Crippen molar-refractivity contribution in [1.29, 1.82) is 0 Å². The van der Waals surface area contributed by atoms with Gasteiger partial charge < -0.3 is 20.5 Å².